The summed E-state index contributed by atoms with van der Waals surface area (Å²) in [4.78, 5) is 34.0. The predicted molar refractivity (Wildman–Crippen MR) is 112 cm³/mol. The van der Waals surface area contributed by atoms with Crippen LogP contribution in [0, 0.1) is 13.8 Å². The molecule has 0 saturated heterocycles. The van der Waals surface area contributed by atoms with Crippen molar-refractivity contribution in [1.29, 1.82) is 0 Å². The Labute approximate surface area is 172 Å². The Balaban J connectivity index is 1.83. The zero-order valence-electron chi connectivity index (χ0n) is 17.1. The van der Waals surface area contributed by atoms with Crippen LogP contribution in [0.4, 0.5) is 0 Å². The number of H-pyrrole nitrogens is 1. The third-order valence-corrected chi connectivity index (χ3v) is 5.81. The van der Waals surface area contributed by atoms with E-state index in [9.17, 15) is 9.59 Å². The highest BCUT2D eigenvalue weighted by Gasteiger charge is 2.20. The number of aromatic amines is 1. The van der Waals surface area contributed by atoms with Gasteiger partial charge in [0, 0.05) is 17.0 Å². The number of nitrogens with one attached hydrogen (secondary N) is 1. The first-order chi connectivity index (χ1) is 13.8. The molecule has 0 unspecified atom stereocenters. The van der Waals surface area contributed by atoms with Gasteiger partial charge in [-0.25, -0.2) is 9.78 Å². The number of nitrogens with zero attached hydrogens (tertiary/aromatic N) is 1. The summed E-state index contributed by atoms with van der Waals surface area (Å²) < 4.78 is 16.3. The number of rotatable bonds is 7. The van der Waals surface area contributed by atoms with Crippen molar-refractivity contribution in [3.05, 3.63) is 55.9 Å². The molecule has 0 radical (unpaired) electrons. The lowest BCUT2D eigenvalue weighted by Crippen LogP contribution is -2.17. The van der Waals surface area contributed by atoms with Crippen LogP contribution in [-0.2, 0) is 16.1 Å². The van der Waals surface area contributed by atoms with Gasteiger partial charge in [0.1, 0.15) is 10.6 Å². The van der Waals surface area contributed by atoms with E-state index in [4.69, 9.17) is 14.2 Å². The maximum atomic E-state index is 12.6. The zero-order valence-corrected chi connectivity index (χ0v) is 17.9. The van der Waals surface area contributed by atoms with Crippen molar-refractivity contribution in [3.63, 3.8) is 0 Å². The van der Waals surface area contributed by atoms with Gasteiger partial charge >= 0.3 is 5.97 Å². The molecule has 1 N–H and O–H groups in total. The lowest BCUT2D eigenvalue weighted by atomic mass is 10.1. The summed E-state index contributed by atoms with van der Waals surface area (Å²) in [6.07, 6.45) is -0.709. The summed E-state index contributed by atoms with van der Waals surface area (Å²) in [5.74, 6) is 0.447. The monoisotopic (exact) mass is 416 g/mol. The fourth-order valence-corrected chi connectivity index (χ4v) is 4.02. The minimum atomic E-state index is -0.709. The predicted octanol–water partition coefficient (Wildman–Crippen LogP) is 4.06. The maximum Gasteiger partial charge on any atom is 0.338 e. The van der Waals surface area contributed by atoms with Crippen LogP contribution in [0.1, 0.15) is 52.1 Å². The second-order valence-electron chi connectivity index (χ2n) is 6.63. The quantitative estimate of drug-likeness (QED) is 0.584. The molecule has 8 heteroatoms. The van der Waals surface area contributed by atoms with Gasteiger partial charge < -0.3 is 19.2 Å². The first-order valence-electron chi connectivity index (χ1n) is 9.31. The number of hydrogen-bond donors (Lipinski definition) is 1. The molecule has 3 aromatic rings. The third kappa shape index (κ3) is 4.33. The number of benzene rings is 1. The second-order valence-corrected chi connectivity index (χ2v) is 7.83. The number of fused-ring (bicyclic) bond motifs is 1. The molecule has 0 aliphatic heterocycles. The van der Waals surface area contributed by atoms with E-state index in [1.807, 2.05) is 20.8 Å². The van der Waals surface area contributed by atoms with Crippen LogP contribution < -0.4 is 10.3 Å². The lowest BCUT2D eigenvalue weighted by Gasteiger charge is -2.14. The first-order valence-corrected chi connectivity index (χ1v) is 10.1. The van der Waals surface area contributed by atoms with Gasteiger partial charge in [0.15, 0.2) is 11.9 Å². The highest BCUT2D eigenvalue weighted by atomic mass is 32.1. The number of carbonyl (C=O) groups is 1. The Morgan fingerprint density at radius 2 is 2.07 bits per heavy atom. The van der Waals surface area contributed by atoms with E-state index in [0.29, 0.717) is 40.6 Å². The molecule has 0 amide bonds. The number of hydrogen-bond acceptors (Lipinski definition) is 7. The Bertz CT molecular complexity index is 1100. The van der Waals surface area contributed by atoms with E-state index >= 15 is 0 Å². The maximum absolute atomic E-state index is 12.6. The number of aromatic nitrogens is 2. The third-order valence-electron chi connectivity index (χ3n) is 4.70. The SMILES string of the molecule is CCOCc1cc(C(=O)O[C@H](C)c2nc3sc(C)c(C)c3c(=O)[nH]2)ccc1OC. The molecular weight excluding hydrogens is 392 g/mol. The fourth-order valence-electron chi connectivity index (χ4n) is 2.98. The zero-order chi connectivity index (χ0) is 21.1. The smallest absolute Gasteiger partial charge is 0.338 e. The van der Waals surface area contributed by atoms with Crippen molar-refractivity contribution in [3.8, 4) is 5.75 Å². The van der Waals surface area contributed by atoms with Crippen LogP contribution in [0.25, 0.3) is 10.2 Å². The normalized spacial score (nSPS) is 12.2. The van der Waals surface area contributed by atoms with Gasteiger partial charge in [0.2, 0.25) is 0 Å². The average Bonchev–Trinajstić information content (AvgIpc) is 3.00. The van der Waals surface area contributed by atoms with E-state index in [1.165, 1.54) is 11.3 Å². The number of esters is 1. The number of ether oxygens (including phenoxy) is 3. The fraction of sp³-hybridized carbons (Fsp3) is 0.381. The van der Waals surface area contributed by atoms with Crippen LogP contribution >= 0.6 is 11.3 Å². The highest BCUT2D eigenvalue weighted by Crippen LogP contribution is 2.27. The van der Waals surface area contributed by atoms with Gasteiger partial charge in [-0.15, -0.1) is 11.3 Å². The molecule has 0 aliphatic carbocycles. The Kier molecular flexibility index (Phi) is 6.34. The molecule has 7 nitrogen and oxygen atoms in total. The Hall–Kier alpha value is -2.71. The van der Waals surface area contributed by atoms with Crippen molar-refractivity contribution in [2.75, 3.05) is 13.7 Å². The largest absolute Gasteiger partial charge is 0.496 e. The van der Waals surface area contributed by atoms with Gasteiger partial charge in [-0.2, -0.15) is 0 Å². The van der Waals surface area contributed by atoms with E-state index in [0.717, 1.165) is 16.0 Å². The average molecular weight is 416 g/mol. The molecule has 2 heterocycles. The van der Waals surface area contributed by atoms with Crippen molar-refractivity contribution < 1.29 is 19.0 Å². The van der Waals surface area contributed by atoms with Crippen molar-refractivity contribution in [2.24, 2.45) is 0 Å². The molecule has 29 heavy (non-hydrogen) atoms. The Morgan fingerprint density at radius 3 is 2.76 bits per heavy atom. The van der Waals surface area contributed by atoms with Crippen molar-refractivity contribution >= 4 is 27.5 Å². The summed E-state index contributed by atoms with van der Waals surface area (Å²) >= 11 is 1.45. The van der Waals surface area contributed by atoms with E-state index in [2.05, 4.69) is 9.97 Å². The van der Waals surface area contributed by atoms with Gasteiger partial charge in [0.05, 0.1) is 24.7 Å². The van der Waals surface area contributed by atoms with Gasteiger partial charge in [0.25, 0.3) is 5.56 Å². The molecule has 3 rings (SSSR count). The molecule has 0 bridgehead atoms. The molecule has 154 valence electrons. The van der Waals surface area contributed by atoms with Gasteiger partial charge in [-0.05, 0) is 51.5 Å². The van der Waals surface area contributed by atoms with Crippen molar-refractivity contribution in [2.45, 2.75) is 40.4 Å². The number of aryl methyl sites for hydroxylation is 2. The van der Waals surface area contributed by atoms with Crippen molar-refractivity contribution in [1.82, 2.24) is 9.97 Å². The van der Waals surface area contributed by atoms with Crippen LogP contribution in [0.15, 0.2) is 23.0 Å². The minimum Gasteiger partial charge on any atom is -0.496 e. The van der Waals surface area contributed by atoms with E-state index < -0.39 is 12.1 Å². The van der Waals surface area contributed by atoms with Crippen LogP contribution in [0.5, 0.6) is 5.75 Å². The second kappa shape index (κ2) is 8.75. The van der Waals surface area contributed by atoms with E-state index in [1.54, 1.807) is 32.2 Å². The first kappa shape index (κ1) is 21.0. The highest BCUT2D eigenvalue weighted by molar-refractivity contribution is 7.18. The number of carbonyl (C=O) groups excluding carboxylic acids is 1. The number of methoxy groups -OCH3 is 1. The molecular formula is C21H24N2O5S. The van der Waals surface area contributed by atoms with Gasteiger partial charge in [-0.1, -0.05) is 0 Å². The van der Waals surface area contributed by atoms with Crippen LogP contribution in [0.2, 0.25) is 0 Å². The molecule has 0 saturated carbocycles. The molecule has 1 atom stereocenters. The molecule has 0 fully saturated rings. The number of thiophene rings is 1. The summed E-state index contributed by atoms with van der Waals surface area (Å²) in [5.41, 5.74) is 1.83. The molecule has 1 aromatic carbocycles. The Morgan fingerprint density at radius 1 is 1.31 bits per heavy atom. The summed E-state index contributed by atoms with van der Waals surface area (Å²) in [6.45, 7) is 8.32. The molecule has 2 aromatic heterocycles. The molecule has 0 aliphatic rings. The summed E-state index contributed by atoms with van der Waals surface area (Å²) in [6, 6.07) is 5.03. The van der Waals surface area contributed by atoms with Crippen LogP contribution in [0.3, 0.4) is 0 Å². The van der Waals surface area contributed by atoms with Crippen LogP contribution in [-0.4, -0.2) is 29.7 Å². The topological polar surface area (TPSA) is 90.5 Å². The van der Waals surface area contributed by atoms with Gasteiger partial charge in [-0.3, -0.25) is 4.79 Å². The standard InChI is InChI=1S/C21H24N2O5S/c1-6-27-10-15-9-14(7-8-16(15)26-5)21(25)28-12(3)18-22-19(24)17-11(2)13(4)29-20(17)23-18/h7-9,12H,6,10H2,1-5H3,(H,22,23,24)/t12-/m1/s1. The van der Waals surface area contributed by atoms with E-state index in [-0.39, 0.29) is 5.56 Å². The lowest BCUT2D eigenvalue weighted by molar-refractivity contribution is 0.0319. The minimum absolute atomic E-state index is 0.224. The molecule has 0 spiro atoms. The summed E-state index contributed by atoms with van der Waals surface area (Å²) in [7, 11) is 1.57. The summed E-state index contributed by atoms with van der Waals surface area (Å²) in [5, 5.41) is 0.588.